The van der Waals surface area contributed by atoms with Crippen molar-refractivity contribution >= 4 is 46.1 Å². The zero-order valence-corrected chi connectivity index (χ0v) is 29.2. The number of H-pyrrole nitrogens is 1. The molecule has 2 atom stereocenters. The molecule has 3 heterocycles. The summed E-state index contributed by atoms with van der Waals surface area (Å²) in [5, 5.41) is 24.2. The maximum Gasteiger partial charge on any atom is 0.490 e. The van der Waals surface area contributed by atoms with E-state index in [0.29, 0.717) is 33.5 Å². The van der Waals surface area contributed by atoms with Crippen molar-refractivity contribution in [3.63, 3.8) is 0 Å². The molecule has 1 aromatic heterocycles. The fraction of sp³-hybridized carbons (Fsp3) is 0.205. The van der Waals surface area contributed by atoms with E-state index in [1.54, 1.807) is 60.6 Å². The minimum Gasteiger partial charge on any atom is -0.478 e. The van der Waals surface area contributed by atoms with Crippen LogP contribution in [0, 0.1) is 6.92 Å². The van der Waals surface area contributed by atoms with Crippen LogP contribution < -0.4 is 16.2 Å². The lowest BCUT2D eigenvalue weighted by Gasteiger charge is -2.28. The lowest BCUT2D eigenvalue weighted by atomic mass is 9.92. The number of halogens is 3. The predicted octanol–water partition coefficient (Wildman–Crippen LogP) is 7.31. The van der Waals surface area contributed by atoms with E-state index in [2.05, 4.69) is 15.6 Å². The Labute approximate surface area is 306 Å². The highest BCUT2D eigenvalue weighted by molar-refractivity contribution is 5.91. The Morgan fingerprint density at radius 1 is 0.944 bits per heavy atom. The summed E-state index contributed by atoms with van der Waals surface area (Å²) in [4.78, 5) is 64.7. The molecule has 5 aromatic rings. The highest BCUT2D eigenvalue weighted by Crippen LogP contribution is 2.32. The van der Waals surface area contributed by atoms with E-state index in [1.165, 1.54) is 6.07 Å². The number of ether oxygens (including phenoxy) is 1. The van der Waals surface area contributed by atoms with Gasteiger partial charge in [0.25, 0.3) is 5.56 Å². The molecule has 280 valence electrons. The third-order valence-electron chi connectivity index (χ3n) is 8.75. The van der Waals surface area contributed by atoms with Crippen molar-refractivity contribution in [2.24, 2.45) is 0 Å². The molecule has 7 rings (SSSR count). The fourth-order valence-electron chi connectivity index (χ4n) is 6.06. The van der Waals surface area contributed by atoms with E-state index in [9.17, 15) is 37.5 Å². The Kier molecular flexibility index (Phi) is 11.4. The summed E-state index contributed by atoms with van der Waals surface area (Å²) in [6, 6.07) is 24.1. The topological polar surface area (TPSA) is 178 Å². The van der Waals surface area contributed by atoms with Gasteiger partial charge < -0.3 is 30.2 Å². The molecule has 5 N–H and O–H groups in total. The summed E-state index contributed by atoms with van der Waals surface area (Å²) in [5.74, 6) is -4.16. The maximum absolute atomic E-state index is 14.4. The molecule has 0 unspecified atom stereocenters. The zero-order valence-electron chi connectivity index (χ0n) is 29.2. The summed E-state index contributed by atoms with van der Waals surface area (Å²) in [6.07, 6.45) is -4.09. The van der Waals surface area contributed by atoms with Crippen molar-refractivity contribution in [3.8, 4) is 11.1 Å². The Morgan fingerprint density at radius 3 is 2.37 bits per heavy atom. The van der Waals surface area contributed by atoms with Gasteiger partial charge in [0.05, 0.1) is 12.2 Å². The van der Waals surface area contributed by atoms with Gasteiger partial charge in [0.15, 0.2) is 0 Å². The summed E-state index contributed by atoms with van der Waals surface area (Å²) in [5.41, 5.74) is 5.68. The van der Waals surface area contributed by atoms with Gasteiger partial charge in [-0.25, -0.2) is 14.4 Å². The predicted molar refractivity (Wildman–Crippen MR) is 194 cm³/mol. The van der Waals surface area contributed by atoms with Crippen molar-refractivity contribution < 1.29 is 47.3 Å². The van der Waals surface area contributed by atoms with Crippen LogP contribution in [0.1, 0.15) is 51.5 Å². The highest BCUT2D eigenvalue weighted by atomic mass is 19.4. The first-order chi connectivity index (χ1) is 25.5. The smallest absolute Gasteiger partial charge is 0.478 e. The standard InChI is InChI=1S/C37H34N4O6.C2HF3O2/c1-21-15-25-8-11-30(21)22(2)20-47-37(46)40-28-10-12-31(24-5-4-6-26(16-24)36(44)45)27(17-28)19-41(3)35(43)33(25)39-29-9-7-23-13-14-38-34(42)32(23)18-29;3-2(4,5)1(6)7/h4-18,22,33,39H,19-20H2,1-3H3,(H,38,42)(H,40,46)(H,44,45);(H,6,7)/t22-,33+;/m0./s1. The number of fused-ring (bicyclic) bond motifs is 10. The van der Waals surface area contributed by atoms with Gasteiger partial charge in [0.1, 0.15) is 6.04 Å². The first kappa shape index (κ1) is 38.6. The van der Waals surface area contributed by atoms with Crippen LogP contribution in [0.4, 0.5) is 29.3 Å². The number of aromatic nitrogens is 1. The number of nitrogens with one attached hydrogen (secondary N) is 3. The van der Waals surface area contributed by atoms with Crippen LogP contribution in [-0.4, -0.2) is 63.9 Å². The van der Waals surface area contributed by atoms with E-state index in [4.69, 9.17) is 14.6 Å². The number of nitrogens with zero attached hydrogens (tertiary/aromatic N) is 1. The summed E-state index contributed by atoms with van der Waals surface area (Å²) < 4.78 is 37.3. The average molecular weight is 745 g/mol. The normalized spacial score (nSPS) is 16.1. The molecule has 2 aliphatic rings. The number of hydrogen-bond donors (Lipinski definition) is 5. The first-order valence-corrected chi connectivity index (χ1v) is 16.5. The average Bonchev–Trinajstić information content (AvgIpc) is 3.12. The number of aromatic carboxylic acids is 1. The molecule has 4 bridgehead atoms. The van der Waals surface area contributed by atoms with Gasteiger partial charge >= 0.3 is 24.2 Å². The number of pyridine rings is 1. The number of alkyl halides is 3. The van der Waals surface area contributed by atoms with Crippen molar-refractivity contribution in [3.05, 3.63) is 129 Å². The molecule has 2 amide bonds. The Bertz CT molecular complexity index is 2310. The van der Waals surface area contributed by atoms with E-state index >= 15 is 0 Å². The lowest BCUT2D eigenvalue weighted by Crippen LogP contribution is -2.35. The molecule has 54 heavy (non-hydrogen) atoms. The summed E-state index contributed by atoms with van der Waals surface area (Å²) in [6.45, 7) is 4.22. The molecule has 0 saturated carbocycles. The van der Waals surface area contributed by atoms with Gasteiger partial charge in [-0.2, -0.15) is 13.2 Å². The Balaban J connectivity index is 0.000000730. The molecule has 12 nitrogen and oxygen atoms in total. The van der Waals surface area contributed by atoms with Gasteiger partial charge in [-0.3, -0.25) is 14.9 Å². The molecular formula is C39H35F3N4O8. The van der Waals surface area contributed by atoms with E-state index in [-0.39, 0.29) is 36.1 Å². The molecule has 0 spiro atoms. The second-order valence-corrected chi connectivity index (χ2v) is 12.7. The second-order valence-electron chi connectivity index (χ2n) is 12.7. The van der Waals surface area contributed by atoms with E-state index < -0.39 is 30.2 Å². The largest absolute Gasteiger partial charge is 0.490 e. The van der Waals surface area contributed by atoms with Crippen LogP contribution >= 0.6 is 0 Å². The van der Waals surface area contributed by atoms with Gasteiger partial charge in [0, 0.05) is 42.5 Å². The van der Waals surface area contributed by atoms with Gasteiger partial charge in [-0.15, -0.1) is 0 Å². The van der Waals surface area contributed by atoms with Crippen molar-refractivity contribution in [2.45, 2.75) is 38.5 Å². The number of anilines is 2. The van der Waals surface area contributed by atoms with Crippen LogP contribution in [0.2, 0.25) is 0 Å². The van der Waals surface area contributed by atoms with Crippen molar-refractivity contribution in [1.82, 2.24) is 9.88 Å². The number of rotatable bonds is 4. The van der Waals surface area contributed by atoms with Gasteiger partial charge in [0.2, 0.25) is 5.91 Å². The van der Waals surface area contributed by atoms with Gasteiger partial charge in [-0.05, 0) is 88.2 Å². The lowest BCUT2D eigenvalue weighted by molar-refractivity contribution is -0.192. The molecule has 0 radical (unpaired) electrons. The Hall–Kier alpha value is -6.64. The summed E-state index contributed by atoms with van der Waals surface area (Å²) >= 11 is 0. The molecule has 0 saturated heterocycles. The minimum atomic E-state index is -5.08. The highest BCUT2D eigenvalue weighted by Gasteiger charge is 2.38. The van der Waals surface area contributed by atoms with Crippen LogP contribution in [-0.2, 0) is 20.9 Å². The number of carboxylic acid groups (broad SMARTS) is 2. The molecule has 0 fully saturated rings. The van der Waals surface area contributed by atoms with E-state index in [0.717, 1.165) is 22.1 Å². The number of aryl methyl sites for hydroxylation is 1. The third-order valence-corrected chi connectivity index (χ3v) is 8.75. The number of likely N-dealkylation sites (N-methyl/N-ethyl adjacent to an activating group) is 1. The van der Waals surface area contributed by atoms with Crippen LogP contribution in [0.5, 0.6) is 0 Å². The minimum absolute atomic E-state index is 0.112. The van der Waals surface area contributed by atoms with Crippen LogP contribution in [0.15, 0.2) is 95.9 Å². The zero-order chi connectivity index (χ0) is 39.3. The van der Waals surface area contributed by atoms with Crippen molar-refractivity contribution in [1.29, 1.82) is 0 Å². The Morgan fingerprint density at radius 2 is 1.69 bits per heavy atom. The maximum atomic E-state index is 14.4. The quantitative estimate of drug-likeness (QED) is 0.126. The molecule has 0 aliphatic carbocycles. The molecule has 2 aliphatic heterocycles. The fourth-order valence-corrected chi connectivity index (χ4v) is 6.06. The second kappa shape index (κ2) is 15.9. The molecule has 4 aromatic carbocycles. The number of benzene rings is 4. The monoisotopic (exact) mass is 744 g/mol. The number of amides is 2. The van der Waals surface area contributed by atoms with Gasteiger partial charge in [-0.1, -0.05) is 49.4 Å². The number of carbonyl (C=O) groups is 4. The van der Waals surface area contributed by atoms with Crippen molar-refractivity contribution in [2.75, 3.05) is 24.3 Å². The number of hydrogen-bond acceptors (Lipinski definition) is 7. The van der Waals surface area contributed by atoms with E-state index in [1.807, 2.05) is 50.2 Å². The molecule has 15 heteroatoms. The number of carboxylic acids is 2. The summed E-state index contributed by atoms with van der Waals surface area (Å²) in [7, 11) is 1.69. The molecular weight excluding hydrogens is 709 g/mol. The first-order valence-electron chi connectivity index (χ1n) is 16.5. The number of aromatic amines is 1. The number of carbonyl (C=O) groups excluding carboxylic acids is 2. The van der Waals surface area contributed by atoms with Crippen LogP contribution in [0.25, 0.3) is 21.9 Å². The third kappa shape index (κ3) is 9.04. The number of aliphatic carboxylic acids is 1. The SMILES string of the molecule is Cc1cc2ccc1[C@@H](C)COC(=O)Nc1ccc(-c3cccc(C(=O)O)c3)c(c1)CN(C)C(=O)[C@@H]2Nc1ccc2cc[nH]c(=O)c2c1.O=C(O)C(F)(F)F. The van der Waals surface area contributed by atoms with Crippen LogP contribution in [0.3, 0.4) is 0 Å².